The van der Waals surface area contributed by atoms with Gasteiger partial charge in [0.15, 0.2) is 0 Å². The second kappa shape index (κ2) is 12.8. The standard InChI is InChI=1S/C33H30N4O5/c1-41-28-17-18-29(32(21-28)42-2)30-22-31(36(34-30)26-13-15-27(16-14-26)37(39)40)33(38)35(23-25-11-7-4-8-12-25)20-19-24-9-5-3-6-10-24/h3-18,21-22H,19-20,23H2,1-2H3. The fourth-order valence-corrected chi connectivity index (χ4v) is 4.71. The van der Waals surface area contributed by atoms with Crippen LogP contribution in [0.2, 0.25) is 0 Å². The summed E-state index contributed by atoms with van der Waals surface area (Å²) in [6, 6.07) is 32.9. The van der Waals surface area contributed by atoms with Gasteiger partial charge in [0, 0.05) is 36.9 Å². The number of benzene rings is 4. The van der Waals surface area contributed by atoms with Gasteiger partial charge in [0.05, 0.1) is 30.5 Å². The minimum absolute atomic E-state index is 0.0515. The maximum Gasteiger partial charge on any atom is 0.272 e. The first-order valence-electron chi connectivity index (χ1n) is 13.4. The van der Waals surface area contributed by atoms with Gasteiger partial charge in [-0.2, -0.15) is 5.10 Å². The van der Waals surface area contributed by atoms with Crippen molar-refractivity contribution in [1.29, 1.82) is 0 Å². The lowest BCUT2D eigenvalue weighted by molar-refractivity contribution is -0.384. The number of methoxy groups -OCH3 is 2. The summed E-state index contributed by atoms with van der Waals surface area (Å²) in [7, 11) is 3.13. The average molecular weight is 563 g/mol. The summed E-state index contributed by atoms with van der Waals surface area (Å²) >= 11 is 0. The lowest BCUT2D eigenvalue weighted by Gasteiger charge is -2.23. The monoisotopic (exact) mass is 562 g/mol. The van der Waals surface area contributed by atoms with Gasteiger partial charge in [0.25, 0.3) is 11.6 Å². The Kier molecular flexibility index (Phi) is 8.58. The Morgan fingerprint density at radius 1 is 0.857 bits per heavy atom. The van der Waals surface area contributed by atoms with Crippen molar-refractivity contribution in [2.45, 2.75) is 13.0 Å². The van der Waals surface area contributed by atoms with Crippen LogP contribution >= 0.6 is 0 Å². The maximum absolute atomic E-state index is 14.3. The van der Waals surface area contributed by atoms with E-state index in [1.165, 1.54) is 16.8 Å². The quantitative estimate of drug-likeness (QED) is 0.137. The molecule has 0 bridgehead atoms. The van der Waals surface area contributed by atoms with Crippen LogP contribution in [0.15, 0.2) is 109 Å². The highest BCUT2D eigenvalue weighted by molar-refractivity contribution is 5.94. The number of hydrogen-bond acceptors (Lipinski definition) is 6. The molecule has 9 heteroatoms. The number of aromatic nitrogens is 2. The highest BCUT2D eigenvalue weighted by Gasteiger charge is 2.25. The van der Waals surface area contributed by atoms with Gasteiger partial charge in [-0.05, 0) is 47.9 Å². The Labute approximate surface area is 243 Å². The van der Waals surface area contributed by atoms with Crippen LogP contribution in [0.3, 0.4) is 0 Å². The van der Waals surface area contributed by atoms with Crippen molar-refractivity contribution < 1.29 is 19.2 Å². The van der Waals surface area contributed by atoms with Gasteiger partial charge < -0.3 is 14.4 Å². The molecule has 0 atom stereocenters. The Morgan fingerprint density at radius 3 is 2.14 bits per heavy atom. The molecule has 0 aliphatic carbocycles. The summed E-state index contributed by atoms with van der Waals surface area (Å²) in [6.45, 7) is 0.878. The second-order valence-electron chi connectivity index (χ2n) is 9.61. The summed E-state index contributed by atoms with van der Waals surface area (Å²) in [6.07, 6.45) is 0.671. The predicted molar refractivity (Wildman–Crippen MR) is 160 cm³/mol. The molecule has 0 saturated heterocycles. The average Bonchev–Trinajstić information content (AvgIpc) is 3.48. The Balaban J connectivity index is 1.58. The van der Waals surface area contributed by atoms with Gasteiger partial charge in [0.2, 0.25) is 0 Å². The fourth-order valence-electron chi connectivity index (χ4n) is 4.71. The van der Waals surface area contributed by atoms with E-state index in [4.69, 9.17) is 14.6 Å². The number of amides is 1. The zero-order valence-corrected chi connectivity index (χ0v) is 23.3. The van der Waals surface area contributed by atoms with E-state index in [-0.39, 0.29) is 11.6 Å². The number of ether oxygens (including phenoxy) is 2. The number of rotatable bonds is 11. The van der Waals surface area contributed by atoms with Crippen LogP contribution in [0.1, 0.15) is 21.6 Å². The van der Waals surface area contributed by atoms with Crippen LogP contribution in [0.25, 0.3) is 16.9 Å². The molecule has 5 aromatic rings. The third-order valence-corrected chi connectivity index (χ3v) is 6.93. The number of nitro groups is 1. The minimum atomic E-state index is -0.461. The molecular formula is C33H30N4O5. The van der Waals surface area contributed by atoms with E-state index in [1.807, 2.05) is 66.7 Å². The van der Waals surface area contributed by atoms with Crippen LogP contribution in [-0.4, -0.2) is 46.3 Å². The van der Waals surface area contributed by atoms with Crippen molar-refractivity contribution in [1.82, 2.24) is 14.7 Å². The molecule has 1 heterocycles. The number of carbonyl (C=O) groups is 1. The van der Waals surface area contributed by atoms with E-state index in [9.17, 15) is 14.9 Å². The number of hydrogen-bond donors (Lipinski definition) is 0. The molecule has 1 aromatic heterocycles. The number of carbonyl (C=O) groups excluding carboxylic acids is 1. The van der Waals surface area contributed by atoms with Crippen molar-refractivity contribution in [3.63, 3.8) is 0 Å². The summed E-state index contributed by atoms with van der Waals surface area (Å²) in [5.74, 6) is 0.933. The molecule has 0 aliphatic rings. The molecule has 9 nitrogen and oxygen atoms in total. The topological polar surface area (TPSA) is 99.7 Å². The molecule has 0 N–H and O–H groups in total. The van der Waals surface area contributed by atoms with Gasteiger partial charge >= 0.3 is 0 Å². The SMILES string of the molecule is COc1ccc(-c2cc(C(=O)N(CCc3ccccc3)Cc3ccccc3)n(-c3ccc([N+](=O)[O-])cc3)n2)c(OC)c1. The molecule has 0 aliphatic heterocycles. The number of nitro benzene ring substituents is 1. The first-order chi connectivity index (χ1) is 20.5. The van der Waals surface area contributed by atoms with Crippen molar-refractivity contribution in [3.8, 4) is 28.4 Å². The largest absolute Gasteiger partial charge is 0.497 e. The van der Waals surface area contributed by atoms with E-state index < -0.39 is 4.92 Å². The van der Waals surface area contributed by atoms with Crippen LogP contribution in [-0.2, 0) is 13.0 Å². The van der Waals surface area contributed by atoms with Gasteiger partial charge in [-0.15, -0.1) is 0 Å². The van der Waals surface area contributed by atoms with Crippen LogP contribution in [0.5, 0.6) is 11.5 Å². The van der Waals surface area contributed by atoms with Crippen molar-refractivity contribution in [2.75, 3.05) is 20.8 Å². The minimum Gasteiger partial charge on any atom is -0.497 e. The summed E-state index contributed by atoms with van der Waals surface area (Å²) < 4.78 is 12.5. The van der Waals surface area contributed by atoms with Crippen molar-refractivity contribution in [2.24, 2.45) is 0 Å². The highest BCUT2D eigenvalue weighted by atomic mass is 16.6. The maximum atomic E-state index is 14.3. The molecule has 0 radical (unpaired) electrons. The molecule has 1 amide bonds. The third kappa shape index (κ3) is 6.31. The van der Waals surface area contributed by atoms with E-state index in [1.54, 1.807) is 49.5 Å². The van der Waals surface area contributed by atoms with E-state index in [0.29, 0.717) is 53.6 Å². The smallest absolute Gasteiger partial charge is 0.272 e. The Hall–Kier alpha value is -5.44. The lowest BCUT2D eigenvalue weighted by Crippen LogP contribution is -2.34. The molecular weight excluding hydrogens is 532 g/mol. The van der Waals surface area contributed by atoms with Crippen molar-refractivity contribution >= 4 is 11.6 Å². The molecule has 0 spiro atoms. The van der Waals surface area contributed by atoms with Crippen LogP contribution < -0.4 is 9.47 Å². The van der Waals surface area contributed by atoms with Gasteiger partial charge in [-0.25, -0.2) is 4.68 Å². The summed E-state index contributed by atoms with van der Waals surface area (Å²) in [4.78, 5) is 27.0. The van der Waals surface area contributed by atoms with Crippen LogP contribution in [0.4, 0.5) is 5.69 Å². The molecule has 0 unspecified atom stereocenters. The lowest BCUT2D eigenvalue weighted by atomic mass is 10.1. The first-order valence-corrected chi connectivity index (χ1v) is 13.4. The van der Waals surface area contributed by atoms with Crippen LogP contribution in [0, 0.1) is 10.1 Å². The number of nitrogens with zero attached hydrogens (tertiary/aromatic N) is 4. The summed E-state index contributed by atoms with van der Waals surface area (Å²) in [5, 5.41) is 16.1. The first kappa shape index (κ1) is 28.1. The highest BCUT2D eigenvalue weighted by Crippen LogP contribution is 2.34. The molecule has 0 fully saturated rings. The third-order valence-electron chi connectivity index (χ3n) is 6.93. The molecule has 212 valence electrons. The van der Waals surface area contributed by atoms with Gasteiger partial charge in [-0.1, -0.05) is 60.7 Å². The second-order valence-corrected chi connectivity index (χ2v) is 9.61. The zero-order valence-electron chi connectivity index (χ0n) is 23.3. The van der Waals surface area contributed by atoms with E-state index >= 15 is 0 Å². The number of non-ortho nitro benzene ring substituents is 1. The van der Waals surface area contributed by atoms with Gasteiger partial charge in [0.1, 0.15) is 17.2 Å². The predicted octanol–water partition coefficient (Wildman–Crippen LogP) is 6.35. The normalized spacial score (nSPS) is 10.7. The fraction of sp³-hybridized carbons (Fsp3) is 0.152. The Bertz CT molecular complexity index is 1670. The summed E-state index contributed by atoms with van der Waals surface area (Å²) in [5.41, 5.74) is 4.09. The van der Waals surface area contributed by atoms with E-state index in [0.717, 1.165) is 11.1 Å². The molecule has 42 heavy (non-hydrogen) atoms. The molecule has 0 saturated carbocycles. The Morgan fingerprint density at radius 2 is 1.52 bits per heavy atom. The molecule has 5 rings (SSSR count). The van der Waals surface area contributed by atoms with Crippen molar-refractivity contribution in [3.05, 3.63) is 136 Å². The van der Waals surface area contributed by atoms with Gasteiger partial charge in [-0.3, -0.25) is 14.9 Å². The molecule has 4 aromatic carbocycles. The van der Waals surface area contributed by atoms with E-state index in [2.05, 4.69) is 0 Å². The zero-order chi connectivity index (χ0) is 29.5.